The van der Waals surface area contributed by atoms with Gasteiger partial charge < -0.3 is 0 Å². The number of aryl methyl sites for hydroxylation is 1. The molecule has 1 aromatic rings. The molecule has 0 N–H and O–H groups in total. The molecule has 0 aliphatic heterocycles. The van der Waals surface area contributed by atoms with E-state index in [-0.39, 0.29) is 5.78 Å². The second-order valence-electron chi connectivity index (χ2n) is 3.04. The van der Waals surface area contributed by atoms with Crippen LogP contribution in [0.3, 0.4) is 0 Å². The molecule has 62 valence electrons. The molecular weight excluding hydrogens is 147 g/mol. The first-order valence-electron chi connectivity index (χ1n) is 4.34. The molecular formula is C10H13BO. The summed E-state index contributed by atoms with van der Waals surface area (Å²) in [6.07, 6.45) is 0.656. The number of carbonyl (C=O) groups is 1. The zero-order valence-electron chi connectivity index (χ0n) is 7.63. The van der Waals surface area contributed by atoms with E-state index in [4.69, 9.17) is 0 Å². The minimum atomic E-state index is 0.251. The molecule has 2 heteroatoms. The Hall–Kier alpha value is -1.05. The molecule has 0 heterocycles. The topological polar surface area (TPSA) is 17.1 Å². The SMILES string of the molecule is CBCC(=O)c1cccc(C)c1. The molecule has 0 amide bonds. The van der Waals surface area contributed by atoms with Crippen LogP contribution in [0.15, 0.2) is 24.3 Å². The lowest BCUT2D eigenvalue weighted by molar-refractivity contribution is 0.101. The lowest BCUT2D eigenvalue weighted by Gasteiger charge is -1.98. The van der Waals surface area contributed by atoms with Gasteiger partial charge in [-0.2, -0.15) is 0 Å². The molecule has 0 atom stereocenters. The normalized spacial score (nSPS) is 9.50. The van der Waals surface area contributed by atoms with E-state index in [9.17, 15) is 4.79 Å². The van der Waals surface area contributed by atoms with Gasteiger partial charge in [0.25, 0.3) is 0 Å². The summed E-state index contributed by atoms with van der Waals surface area (Å²) >= 11 is 0. The zero-order valence-corrected chi connectivity index (χ0v) is 7.63. The van der Waals surface area contributed by atoms with Crippen molar-refractivity contribution in [2.75, 3.05) is 0 Å². The first-order valence-corrected chi connectivity index (χ1v) is 4.34. The van der Waals surface area contributed by atoms with Gasteiger partial charge in [0.05, 0.1) is 0 Å². The highest BCUT2D eigenvalue weighted by Crippen LogP contribution is 2.06. The fraction of sp³-hybridized carbons (Fsp3) is 0.300. The van der Waals surface area contributed by atoms with Crippen molar-refractivity contribution in [2.24, 2.45) is 0 Å². The summed E-state index contributed by atoms with van der Waals surface area (Å²) in [6, 6.07) is 7.75. The van der Waals surface area contributed by atoms with E-state index in [1.165, 1.54) is 0 Å². The van der Waals surface area contributed by atoms with E-state index >= 15 is 0 Å². The molecule has 0 aromatic heterocycles. The molecule has 0 radical (unpaired) electrons. The van der Waals surface area contributed by atoms with Crippen molar-refractivity contribution in [3.05, 3.63) is 35.4 Å². The largest absolute Gasteiger partial charge is 0.295 e. The first kappa shape index (κ1) is 9.05. The lowest BCUT2D eigenvalue weighted by Crippen LogP contribution is -2.00. The molecule has 1 aromatic carbocycles. The Kier molecular flexibility index (Phi) is 3.09. The van der Waals surface area contributed by atoms with Gasteiger partial charge in [-0.05, 0) is 19.3 Å². The van der Waals surface area contributed by atoms with Crippen LogP contribution in [0.5, 0.6) is 0 Å². The number of ketones is 1. The van der Waals surface area contributed by atoms with Gasteiger partial charge in [-0.3, -0.25) is 4.79 Å². The Labute approximate surface area is 74.0 Å². The third-order valence-corrected chi connectivity index (χ3v) is 1.82. The van der Waals surface area contributed by atoms with Gasteiger partial charge in [0, 0.05) is 5.56 Å². The molecule has 0 bridgehead atoms. The highest BCUT2D eigenvalue weighted by molar-refractivity contribution is 6.41. The second kappa shape index (κ2) is 4.10. The first-order chi connectivity index (χ1) is 5.74. The monoisotopic (exact) mass is 160 g/mol. The number of hydrogen-bond acceptors (Lipinski definition) is 1. The molecule has 12 heavy (non-hydrogen) atoms. The molecule has 0 spiro atoms. The van der Waals surface area contributed by atoms with E-state index in [1.807, 2.05) is 38.0 Å². The number of rotatable bonds is 3. The van der Waals surface area contributed by atoms with Crippen molar-refractivity contribution >= 4 is 13.1 Å². The summed E-state index contributed by atoms with van der Waals surface area (Å²) in [5.74, 6) is 0.251. The minimum absolute atomic E-state index is 0.251. The average Bonchev–Trinajstić information content (AvgIpc) is 2.05. The van der Waals surface area contributed by atoms with Crippen LogP contribution in [0.4, 0.5) is 0 Å². The van der Waals surface area contributed by atoms with Crippen molar-refractivity contribution in [2.45, 2.75) is 20.1 Å². The van der Waals surface area contributed by atoms with Gasteiger partial charge in [-0.1, -0.05) is 30.6 Å². The Balaban J connectivity index is 2.81. The van der Waals surface area contributed by atoms with Gasteiger partial charge in [0.15, 0.2) is 5.78 Å². The van der Waals surface area contributed by atoms with Gasteiger partial charge in [0.1, 0.15) is 7.28 Å². The maximum Gasteiger partial charge on any atom is 0.155 e. The second-order valence-corrected chi connectivity index (χ2v) is 3.04. The Morgan fingerprint density at radius 3 is 2.83 bits per heavy atom. The van der Waals surface area contributed by atoms with Gasteiger partial charge in [-0.15, -0.1) is 0 Å². The molecule has 0 aliphatic carbocycles. The fourth-order valence-corrected chi connectivity index (χ4v) is 1.19. The third-order valence-electron chi connectivity index (χ3n) is 1.82. The van der Waals surface area contributed by atoms with E-state index in [1.54, 1.807) is 0 Å². The predicted molar refractivity (Wildman–Crippen MR) is 53.3 cm³/mol. The van der Waals surface area contributed by atoms with Crippen LogP contribution in [0.2, 0.25) is 13.1 Å². The van der Waals surface area contributed by atoms with Crippen LogP contribution in [0.25, 0.3) is 0 Å². The van der Waals surface area contributed by atoms with Crippen LogP contribution in [0, 0.1) is 6.92 Å². The van der Waals surface area contributed by atoms with Crippen molar-refractivity contribution in [1.29, 1.82) is 0 Å². The number of Topliss-reactive ketones (excluding diaryl/α,β-unsaturated/α-hetero) is 1. The minimum Gasteiger partial charge on any atom is -0.295 e. The summed E-state index contributed by atoms with van der Waals surface area (Å²) in [7, 11) is 0.923. The summed E-state index contributed by atoms with van der Waals surface area (Å²) in [4.78, 5) is 11.4. The summed E-state index contributed by atoms with van der Waals surface area (Å²) in [5.41, 5.74) is 1.99. The molecule has 0 aliphatic rings. The van der Waals surface area contributed by atoms with Gasteiger partial charge >= 0.3 is 0 Å². The Morgan fingerprint density at radius 2 is 2.25 bits per heavy atom. The van der Waals surface area contributed by atoms with Crippen LogP contribution < -0.4 is 0 Å². The van der Waals surface area contributed by atoms with E-state index in [0.29, 0.717) is 6.32 Å². The van der Waals surface area contributed by atoms with E-state index in [2.05, 4.69) is 0 Å². The van der Waals surface area contributed by atoms with Crippen molar-refractivity contribution < 1.29 is 4.79 Å². The van der Waals surface area contributed by atoms with Gasteiger partial charge in [0.2, 0.25) is 0 Å². The zero-order chi connectivity index (χ0) is 8.97. The molecule has 0 saturated heterocycles. The molecule has 1 rings (SSSR count). The molecule has 0 saturated carbocycles. The van der Waals surface area contributed by atoms with Crippen LogP contribution >= 0.6 is 0 Å². The summed E-state index contributed by atoms with van der Waals surface area (Å²) in [5, 5.41) is 0. The summed E-state index contributed by atoms with van der Waals surface area (Å²) < 4.78 is 0. The van der Waals surface area contributed by atoms with E-state index in [0.717, 1.165) is 18.4 Å². The smallest absolute Gasteiger partial charge is 0.155 e. The van der Waals surface area contributed by atoms with E-state index < -0.39 is 0 Å². The highest BCUT2D eigenvalue weighted by Gasteiger charge is 2.03. The average molecular weight is 160 g/mol. The lowest BCUT2D eigenvalue weighted by atomic mass is 9.75. The number of carbonyl (C=O) groups excluding carboxylic acids is 1. The van der Waals surface area contributed by atoms with Gasteiger partial charge in [-0.25, -0.2) is 0 Å². The van der Waals surface area contributed by atoms with Crippen molar-refractivity contribution in [1.82, 2.24) is 0 Å². The highest BCUT2D eigenvalue weighted by atomic mass is 16.1. The Bertz CT molecular complexity index is 281. The van der Waals surface area contributed by atoms with Crippen molar-refractivity contribution in [3.63, 3.8) is 0 Å². The molecule has 0 unspecified atom stereocenters. The predicted octanol–water partition coefficient (Wildman–Crippen LogP) is 2.08. The van der Waals surface area contributed by atoms with Crippen LogP contribution in [-0.4, -0.2) is 13.1 Å². The quantitative estimate of drug-likeness (QED) is 0.488. The number of hydrogen-bond donors (Lipinski definition) is 0. The number of benzene rings is 1. The van der Waals surface area contributed by atoms with Crippen LogP contribution in [-0.2, 0) is 0 Å². The molecule has 0 fully saturated rings. The Morgan fingerprint density at radius 1 is 1.50 bits per heavy atom. The molecule has 1 nitrogen and oxygen atoms in total. The fourth-order valence-electron chi connectivity index (χ4n) is 1.19. The third kappa shape index (κ3) is 2.23. The standard InChI is InChI=1S/C10H13BO/c1-8-4-3-5-9(6-8)10(12)7-11-2/h3-6,11H,7H2,1-2H3. The van der Waals surface area contributed by atoms with Crippen molar-refractivity contribution in [3.8, 4) is 0 Å². The maximum atomic E-state index is 11.4. The maximum absolute atomic E-state index is 11.4. The summed E-state index contributed by atoms with van der Waals surface area (Å²) in [6.45, 7) is 4.02. The van der Waals surface area contributed by atoms with Crippen LogP contribution in [0.1, 0.15) is 15.9 Å².